The van der Waals surface area contributed by atoms with Crippen molar-refractivity contribution < 1.29 is 39.5 Å². The van der Waals surface area contributed by atoms with E-state index in [0.29, 0.717) is 6.42 Å². The number of benzene rings is 1. The number of carboxylic acid groups (broad SMARTS) is 1. The second-order valence-electron chi connectivity index (χ2n) is 7.20. The van der Waals surface area contributed by atoms with Gasteiger partial charge in [0.1, 0.15) is 5.75 Å². The number of ether oxygens (including phenoxy) is 1. The topological polar surface area (TPSA) is 141 Å². The SMILES string of the molecule is CCCC1OC(CC(=O)O)CC2(CO)C(=O)c3cccc(O)c3C(=O)C12O. The molecule has 3 rings (SSSR count). The summed E-state index contributed by atoms with van der Waals surface area (Å²) in [6.45, 7) is 0.942. The Balaban J connectivity index is 2.24. The van der Waals surface area contributed by atoms with E-state index in [1.807, 2.05) is 0 Å². The van der Waals surface area contributed by atoms with Gasteiger partial charge in [-0.2, -0.15) is 0 Å². The second-order valence-corrected chi connectivity index (χ2v) is 7.20. The van der Waals surface area contributed by atoms with E-state index in [1.54, 1.807) is 6.92 Å². The number of rotatable bonds is 5. The van der Waals surface area contributed by atoms with E-state index in [9.17, 15) is 29.7 Å². The first-order valence-corrected chi connectivity index (χ1v) is 8.85. The van der Waals surface area contributed by atoms with Gasteiger partial charge in [0, 0.05) is 5.56 Å². The molecule has 0 spiro atoms. The van der Waals surface area contributed by atoms with Crippen molar-refractivity contribution in [2.75, 3.05) is 6.61 Å². The van der Waals surface area contributed by atoms with Crippen molar-refractivity contribution in [1.82, 2.24) is 0 Å². The zero-order valence-electron chi connectivity index (χ0n) is 14.8. The molecule has 1 heterocycles. The summed E-state index contributed by atoms with van der Waals surface area (Å²) in [6, 6.07) is 3.99. The number of hydrogen-bond acceptors (Lipinski definition) is 7. The molecule has 1 aromatic rings. The zero-order chi connectivity index (χ0) is 20.0. The maximum atomic E-state index is 13.3. The summed E-state index contributed by atoms with van der Waals surface area (Å²) in [4.78, 5) is 37.7. The third kappa shape index (κ3) is 2.59. The molecular formula is C19H22O8. The summed E-state index contributed by atoms with van der Waals surface area (Å²) in [6.07, 6.45) is -2.20. The van der Waals surface area contributed by atoms with Crippen molar-refractivity contribution in [3.63, 3.8) is 0 Å². The lowest BCUT2D eigenvalue weighted by atomic mass is 9.54. The minimum absolute atomic E-state index is 0.0926. The average Bonchev–Trinajstić information content (AvgIpc) is 2.61. The van der Waals surface area contributed by atoms with Crippen LogP contribution in [-0.2, 0) is 9.53 Å². The Labute approximate surface area is 155 Å². The van der Waals surface area contributed by atoms with Crippen LogP contribution in [0, 0.1) is 5.41 Å². The number of aliphatic hydroxyl groups excluding tert-OH is 1. The first kappa shape index (κ1) is 19.5. The Morgan fingerprint density at radius 3 is 2.59 bits per heavy atom. The van der Waals surface area contributed by atoms with Gasteiger partial charge in [0.25, 0.3) is 0 Å². The monoisotopic (exact) mass is 378 g/mol. The quantitative estimate of drug-likeness (QED) is 0.592. The fourth-order valence-corrected chi connectivity index (χ4v) is 4.39. The maximum Gasteiger partial charge on any atom is 0.305 e. The van der Waals surface area contributed by atoms with Crippen LogP contribution >= 0.6 is 0 Å². The molecule has 0 aromatic heterocycles. The van der Waals surface area contributed by atoms with Crippen molar-refractivity contribution in [2.24, 2.45) is 5.41 Å². The highest BCUT2D eigenvalue weighted by Gasteiger charge is 2.70. The van der Waals surface area contributed by atoms with Crippen molar-refractivity contribution in [1.29, 1.82) is 0 Å². The van der Waals surface area contributed by atoms with E-state index in [0.717, 1.165) is 0 Å². The van der Waals surface area contributed by atoms with Gasteiger partial charge in [-0.15, -0.1) is 0 Å². The smallest absolute Gasteiger partial charge is 0.305 e. The summed E-state index contributed by atoms with van der Waals surface area (Å²) < 4.78 is 5.71. The molecule has 1 aliphatic carbocycles. The van der Waals surface area contributed by atoms with E-state index >= 15 is 0 Å². The molecule has 8 heteroatoms. The van der Waals surface area contributed by atoms with Gasteiger partial charge in [0.05, 0.1) is 36.2 Å². The molecule has 4 N–H and O–H groups in total. The van der Waals surface area contributed by atoms with Gasteiger partial charge in [-0.05, 0) is 18.9 Å². The van der Waals surface area contributed by atoms with Gasteiger partial charge in [-0.1, -0.05) is 25.5 Å². The van der Waals surface area contributed by atoms with Gasteiger partial charge >= 0.3 is 5.97 Å². The van der Waals surface area contributed by atoms with Crippen LogP contribution < -0.4 is 0 Å². The molecule has 2 aliphatic rings. The Morgan fingerprint density at radius 1 is 1.30 bits per heavy atom. The number of carbonyl (C=O) groups is 3. The fraction of sp³-hybridized carbons (Fsp3) is 0.526. The number of ketones is 2. The van der Waals surface area contributed by atoms with Crippen LogP contribution in [0.2, 0.25) is 0 Å². The average molecular weight is 378 g/mol. The zero-order valence-corrected chi connectivity index (χ0v) is 14.8. The Kier molecular flexibility index (Phi) is 4.83. The molecule has 8 nitrogen and oxygen atoms in total. The third-order valence-electron chi connectivity index (χ3n) is 5.65. The summed E-state index contributed by atoms with van der Waals surface area (Å²) in [5.74, 6) is -3.18. The summed E-state index contributed by atoms with van der Waals surface area (Å²) in [5, 5.41) is 40.9. The fourth-order valence-electron chi connectivity index (χ4n) is 4.39. The molecule has 4 unspecified atom stereocenters. The van der Waals surface area contributed by atoms with Gasteiger partial charge < -0.3 is 25.2 Å². The number of aliphatic carboxylic acids is 1. The number of aromatic hydroxyl groups is 1. The lowest BCUT2D eigenvalue weighted by molar-refractivity contribution is -0.218. The first-order valence-electron chi connectivity index (χ1n) is 8.85. The summed E-state index contributed by atoms with van der Waals surface area (Å²) in [7, 11) is 0. The predicted octanol–water partition coefficient (Wildman–Crippen LogP) is 0.913. The number of phenols is 1. The maximum absolute atomic E-state index is 13.3. The molecule has 146 valence electrons. The summed E-state index contributed by atoms with van der Waals surface area (Å²) in [5.41, 5.74) is -4.71. The van der Waals surface area contributed by atoms with Gasteiger partial charge in [-0.25, -0.2) is 0 Å². The predicted molar refractivity (Wildman–Crippen MR) is 91.7 cm³/mol. The lowest BCUT2D eigenvalue weighted by Crippen LogP contribution is -2.72. The molecule has 0 amide bonds. The minimum Gasteiger partial charge on any atom is -0.507 e. The van der Waals surface area contributed by atoms with Crippen LogP contribution in [0.15, 0.2) is 18.2 Å². The van der Waals surface area contributed by atoms with Gasteiger partial charge in [0.15, 0.2) is 11.4 Å². The van der Waals surface area contributed by atoms with Crippen molar-refractivity contribution in [3.8, 4) is 5.75 Å². The first-order chi connectivity index (χ1) is 12.7. The largest absolute Gasteiger partial charge is 0.507 e. The number of Topliss-reactive ketones (excluding diaryl/α,β-unsaturated/α-hetero) is 2. The normalized spacial score (nSPS) is 32.7. The molecule has 4 atom stereocenters. The number of fused-ring (bicyclic) bond motifs is 2. The molecule has 0 bridgehead atoms. The highest BCUT2D eigenvalue weighted by Crippen LogP contribution is 2.54. The molecule has 1 saturated heterocycles. The third-order valence-corrected chi connectivity index (χ3v) is 5.65. The molecule has 1 aliphatic heterocycles. The van der Waals surface area contributed by atoms with Crippen LogP contribution in [0.1, 0.15) is 53.3 Å². The number of carbonyl (C=O) groups excluding carboxylic acids is 2. The van der Waals surface area contributed by atoms with E-state index in [1.165, 1.54) is 18.2 Å². The van der Waals surface area contributed by atoms with Crippen LogP contribution in [0.25, 0.3) is 0 Å². The van der Waals surface area contributed by atoms with Crippen LogP contribution in [0.3, 0.4) is 0 Å². The highest BCUT2D eigenvalue weighted by molar-refractivity contribution is 6.22. The standard InChI is InChI=1S/C19H22O8/c1-2-4-13-19(26)17(25)15-11(5-3-6-12(15)21)16(24)18(19,9-20)8-10(27-13)7-14(22)23/h3,5-6,10,13,20-21,26H,2,4,7-9H2,1H3,(H,22,23). The summed E-state index contributed by atoms with van der Waals surface area (Å²) >= 11 is 0. The molecule has 1 fully saturated rings. The number of hydrogen-bond donors (Lipinski definition) is 4. The Hall–Kier alpha value is -2.29. The van der Waals surface area contributed by atoms with Crippen LogP contribution in [-0.4, -0.2) is 62.4 Å². The van der Waals surface area contributed by atoms with E-state index in [2.05, 4.69) is 0 Å². The minimum atomic E-state index is -2.39. The number of aliphatic hydroxyl groups is 2. The second kappa shape index (κ2) is 6.70. The van der Waals surface area contributed by atoms with Crippen LogP contribution in [0.4, 0.5) is 0 Å². The van der Waals surface area contributed by atoms with E-state index in [-0.39, 0.29) is 24.0 Å². The van der Waals surface area contributed by atoms with Gasteiger partial charge in [-0.3, -0.25) is 14.4 Å². The molecular weight excluding hydrogens is 356 g/mol. The number of carboxylic acids is 1. The molecule has 0 saturated carbocycles. The Morgan fingerprint density at radius 2 is 2.00 bits per heavy atom. The number of phenolic OH excluding ortho intramolecular Hbond substituents is 1. The van der Waals surface area contributed by atoms with Gasteiger partial charge in [0.2, 0.25) is 5.78 Å². The van der Waals surface area contributed by atoms with Crippen molar-refractivity contribution >= 4 is 17.5 Å². The molecule has 0 radical (unpaired) electrons. The van der Waals surface area contributed by atoms with E-state index in [4.69, 9.17) is 9.84 Å². The molecule has 27 heavy (non-hydrogen) atoms. The lowest BCUT2D eigenvalue weighted by Gasteiger charge is -2.55. The van der Waals surface area contributed by atoms with E-state index < -0.39 is 59.5 Å². The Bertz CT molecular complexity index is 803. The van der Waals surface area contributed by atoms with Crippen molar-refractivity contribution in [3.05, 3.63) is 29.3 Å². The molecule has 1 aromatic carbocycles. The van der Waals surface area contributed by atoms with Crippen LogP contribution in [0.5, 0.6) is 5.75 Å². The van der Waals surface area contributed by atoms with Crippen molar-refractivity contribution in [2.45, 2.75) is 50.4 Å². The highest BCUT2D eigenvalue weighted by atomic mass is 16.5.